The van der Waals surface area contributed by atoms with Gasteiger partial charge in [-0.1, -0.05) is 48.0 Å². The number of alkyl halides is 3. The predicted molar refractivity (Wildman–Crippen MR) is 97.6 cm³/mol. The number of halogens is 3. The largest absolute Gasteiger partial charge is 0.465 e. The number of aryl methyl sites for hydroxylation is 1. The lowest BCUT2D eigenvalue weighted by atomic mass is 10.2. The predicted octanol–water partition coefficient (Wildman–Crippen LogP) is 5.29. The van der Waals surface area contributed by atoms with Gasteiger partial charge in [-0.3, -0.25) is 0 Å². The minimum atomic E-state index is -4.84. The molecule has 0 fully saturated rings. The summed E-state index contributed by atoms with van der Waals surface area (Å²) < 4.78 is 44.8. The molecule has 2 rings (SSSR count). The zero-order valence-electron chi connectivity index (χ0n) is 14.3. The van der Waals surface area contributed by atoms with E-state index >= 15 is 0 Å². The average Bonchev–Trinajstić information content (AvgIpc) is 2.61. The van der Waals surface area contributed by atoms with Crippen LogP contribution in [0.2, 0.25) is 0 Å². The maximum absolute atomic E-state index is 13.5. The number of ether oxygens (including phenoxy) is 1. The molecule has 7 heteroatoms. The number of anilines is 1. The van der Waals surface area contributed by atoms with Crippen LogP contribution in [-0.4, -0.2) is 19.3 Å². The molecule has 2 aromatic carbocycles. The molecule has 0 atom stereocenters. The second kappa shape index (κ2) is 8.80. The number of thioether (sulfide) groups is 1. The molecule has 0 amide bonds. The van der Waals surface area contributed by atoms with Gasteiger partial charge in [0.1, 0.15) is 0 Å². The lowest BCUT2D eigenvalue weighted by Crippen LogP contribution is -2.25. The second-order valence-corrected chi connectivity index (χ2v) is 6.44. The number of hydrogen-bond donors (Lipinski definition) is 1. The van der Waals surface area contributed by atoms with Crippen molar-refractivity contribution in [1.29, 1.82) is 0 Å². The number of nitrogens with one attached hydrogen (secondary N) is 1. The van der Waals surface area contributed by atoms with Gasteiger partial charge in [0.15, 0.2) is 5.57 Å². The number of esters is 1. The molecule has 0 aliphatic rings. The Balaban J connectivity index is 2.39. The molecule has 138 valence electrons. The molecule has 2 aromatic rings. The highest BCUT2D eigenvalue weighted by molar-refractivity contribution is 8.02. The standard InChI is InChI=1S/C19H18F3NO2S/c1-13-8-10-15(11-9-13)23-17(16(18(24)25-2)19(20,21)22)26-12-14-6-4-3-5-7-14/h3-11,23H,12H2,1-2H3/b17-16+. The molecule has 0 saturated heterocycles. The van der Waals surface area contributed by atoms with Crippen molar-refractivity contribution in [3.8, 4) is 0 Å². The van der Waals surface area contributed by atoms with E-state index in [1.807, 2.05) is 25.1 Å². The molecular weight excluding hydrogens is 363 g/mol. The first-order valence-electron chi connectivity index (χ1n) is 7.71. The van der Waals surface area contributed by atoms with Crippen molar-refractivity contribution in [1.82, 2.24) is 0 Å². The molecule has 0 spiro atoms. The molecule has 3 nitrogen and oxygen atoms in total. The number of rotatable bonds is 6. The summed E-state index contributed by atoms with van der Waals surface area (Å²) in [6, 6.07) is 15.9. The molecule has 0 aliphatic carbocycles. The highest BCUT2D eigenvalue weighted by atomic mass is 32.2. The monoisotopic (exact) mass is 381 g/mol. The maximum atomic E-state index is 13.5. The second-order valence-electron chi connectivity index (χ2n) is 5.46. The molecule has 0 heterocycles. The van der Waals surface area contributed by atoms with E-state index in [2.05, 4.69) is 10.1 Å². The van der Waals surface area contributed by atoms with Gasteiger partial charge in [0.25, 0.3) is 0 Å². The molecule has 0 unspecified atom stereocenters. The Morgan fingerprint density at radius 3 is 2.23 bits per heavy atom. The van der Waals surface area contributed by atoms with Crippen LogP contribution < -0.4 is 5.32 Å². The van der Waals surface area contributed by atoms with Gasteiger partial charge in [-0.25, -0.2) is 4.79 Å². The van der Waals surface area contributed by atoms with Crippen LogP contribution in [0.5, 0.6) is 0 Å². The van der Waals surface area contributed by atoms with Crippen molar-refractivity contribution in [2.45, 2.75) is 18.9 Å². The molecule has 0 saturated carbocycles. The van der Waals surface area contributed by atoms with Crippen molar-refractivity contribution < 1.29 is 22.7 Å². The third-order valence-corrected chi connectivity index (χ3v) is 4.51. The van der Waals surface area contributed by atoms with Crippen LogP contribution in [-0.2, 0) is 15.3 Å². The Morgan fingerprint density at radius 2 is 1.69 bits per heavy atom. The normalized spacial score (nSPS) is 12.3. The van der Waals surface area contributed by atoms with Gasteiger partial charge in [0.2, 0.25) is 0 Å². The van der Waals surface area contributed by atoms with E-state index in [1.54, 1.807) is 36.4 Å². The van der Waals surface area contributed by atoms with Gasteiger partial charge in [-0.15, -0.1) is 11.8 Å². The van der Waals surface area contributed by atoms with E-state index in [-0.39, 0.29) is 10.8 Å². The Hall–Kier alpha value is -2.41. The summed E-state index contributed by atoms with van der Waals surface area (Å²) in [5.41, 5.74) is 0.924. The third-order valence-electron chi connectivity index (χ3n) is 3.44. The SMILES string of the molecule is COC(=O)/C(=C(/Nc1ccc(C)cc1)SCc1ccccc1)C(F)(F)F. The lowest BCUT2D eigenvalue weighted by Gasteiger charge is -2.18. The van der Waals surface area contributed by atoms with E-state index in [9.17, 15) is 18.0 Å². The van der Waals surface area contributed by atoms with E-state index in [1.165, 1.54) is 0 Å². The fourth-order valence-corrected chi connectivity index (χ4v) is 3.14. The summed E-state index contributed by atoms with van der Waals surface area (Å²) in [5, 5.41) is 2.43. The summed E-state index contributed by atoms with van der Waals surface area (Å²) in [6.45, 7) is 1.88. The average molecular weight is 381 g/mol. The highest BCUT2D eigenvalue weighted by Gasteiger charge is 2.42. The Kier molecular flexibility index (Phi) is 6.74. The highest BCUT2D eigenvalue weighted by Crippen LogP contribution is 2.35. The molecule has 0 bridgehead atoms. The smallest absolute Gasteiger partial charge is 0.425 e. The zero-order valence-corrected chi connectivity index (χ0v) is 15.1. The quantitative estimate of drug-likeness (QED) is 0.545. The van der Waals surface area contributed by atoms with Gasteiger partial charge in [0, 0.05) is 11.4 Å². The topological polar surface area (TPSA) is 38.3 Å². The first-order valence-corrected chi connectivity index (χ1v) is 8.70. The summed E-state index contributed by atoms with van der Waals surface area (Å²) in [6.07, 6.45) is -4.84. The number of benzene rings is 2. The molecule has 1 N–H and O–H groups in total. The molecule has 0 aliphatic heterocycles. The van der Waals surface area contributed by atoms with E-state index in [0.29, 0.717) is 5.69 Å². The van der Waals surface area contributed by atoms with Gasteiger partial charge < -0.3 is 10.1 Å². The van der Waals surface area contributed by atoms with Crippen molar-refractivity contribution >= 4 is 23.4 Å². The molecule has 26 heavy (non-hydrogen) atoms. The number of carbonyl (C=O) groups is 1. The Morgan fingerprint density at radius 1 is 1.08 bits per heavy atom. The first kappa shape index (κ1) is 19.9. The number of hydrogen-bond acceptors (Lipinski definition) is 4. The summed E-state index contributed by atoms with van der Waals surface area (Å²) in [4.78, 5) is 11.8. The van der Waals surface area contributed by atoms with Crippen molar-refractivity contribution in [2.75, 3.05) is 12.4 Å². The number of carbonyl (C=O) groups excluding carboxylic acids is 1. The summed E-state index contributed by atoms with van der Waals surface area (Å²) >= 11 is 0.900. The first-order chi connectivity index (χ1) is 12.3. The molecule has 0 aromatic heterocycles. The van der Waals surface area contributed by atoms with Gasteiger partial charge in [-0.05, 0) is 24.6 Å². The fourth-order valence-electron chi connectivity index (χ4n) is 2.11. The maximum Gasteiger partial charge on any atom is 0.425 e. The van der Waals surface area contributed by atoms with Crippen LogP contribution >= 0.6 is 11.8 Å². The minimum absolute atomic E-state index is 0.269. The van der Waals surface area contributed by atoms with Crippen molar-refractivity contribution in [3.63, 3.8) is 0 Å². The summed E-state index contributed by atoms with van der Waals surface area (Å²) in [5.74, 6) is -1.15. The third kappa shape index (κ3) is 5.56. The summed E-state index contributed by atoms with van der Waals surface area (Å²) in [7, 11) is 0.930. The van der Waals surface area contributed by atoms with E-state index in [4.69, 9.17) is 0 Å². The lowest BCUT2D eigenvalue weighted by molar-refractivity contribution is -0.148. The van der Waals surface area contributed by atoms with Crippen molar-refractivity contribution in [2.24, 2.45) is 0 Å². The Bertz CT molecular complexity index is 772. The van der Waals surface area contributed by atoms with Crippen LogP contribution in [0.1, 0.15) is 11.1 Å². The fraction of sp³-hybridized carbons (Fsp3) is 0.211. The molecule has 0 radical (unpaired) electrons. The molecular formula is C19H18F3NO2S. The van der Waals surface area contributed by atoms with Crippen LogP contribution in [0.3, 0.4) is 0 Å². The van der Waals surface area contributed by atoms with Crippen LogP contribution in [0, 0.1) is 6.92 Å². The zero-order chi connectivity index (χ0) is 19.2. The van der Waals surface area contributed by atoms with Crippen LogP contribution in [0.15, 0.2) is 65.2 Å². The van der Waals surface area contributed by atoms with Crippen LogP contribution in [0.4, 0.5) is 18.9 Å². The Labute approximate surface area is 154 Å². The van der Waals surface area contributed by atoms with Crippen molar-refractivity contribution in [3.05, 3.63) is 76.3 Å². The van der Waals surface area contributed by atoms with Crippen LogP contribution in [0.25, 0.3) is 0 Å². The van der Waals surface area contributed by atoms with E-state index < -0.39 is 17.7 Å². The van der Waals surface area contributed by atoms with Gasteiger partial charge in [0.05, 0.1) is 12.1 Å². The van der Waals surface area contributed by atoms with E-state index in [0.717, 1.165) is 30.0 Å². The van der Waals surface area contributed by atoms with Gasteiger partial charge in [-0.2, -0.15) is 13.2 Å². The van der Waals surface area contributed by atoms with Gasteiger partial charge >= 0.3 is 12.1 Å². The minimum Gasteiger partial charge on any atom is -0.465 e. The number of methoxy groups -OCH3 is 1.